The molecule has 2 nitrogen and oxygen atoms in total. The van der Waals surface area contributed by atoms with E-state index >= 15 is 0 Å². The number of hydrogen-bond acceptors (Lipinski definition) is 2. The van der Waals surface area contributed by atoms with Gasteiger partial charge in [0.2, 0.25) is 0 Å². The molecule has 0 bridgehead atoms. The van der Waals surface area contributed by atoms with Crippen LogP contribution in [0.3, 0.4) is 0 Å². The highest BCUT2D eigenvalue weighted by molar-refractivity contribution is 4.98. The van der Waals surface area contributed by atoms with E-state index in [9.17, 15) is 0 Å². The average Bonchev–Trinajstić information content (AvgIpc) is 3.03. The summed E-state index contributed by atoms with van der Waals surface area (Å²) in [7, 11) is 0. The van der Waals surface area contributed by atoms with Gasteiger partial charge in [-0.05, 0) is 56.7 Å². The Morgan fingerprint density at radius 2 is 1.88 bits per heavy atom. The van der Waals surface area contributed by atoms with Gasteiger partial charge in [-0.2, -0.15) is 0 Å². The third kappa shape index (κ3) is 2.78. The van der Waals surface area contributed by atoms with E-state index in [0.717, 1.165) is 18.5 Å². The van der Waals surface area contributed by atoms with Crippen molar-refractivity contribution in [2.75, 3.05) is 26.2 Å². The number of piperidine rings is 1. The first-order valence-corrected chi connectivity index (χ1v) is 7.12. The van der Waals surface area contributed by atoms with Crippen molar-refractivity contribution >= 4 is 0 Å². The molecule has 94 valence electrons. The fourth-order valence-corrected chi connectivity index (χ4v) is 3.11. The summed E-state index contributed by atoms with van der Waals surface area (Å²) in [6.45, 7) is 12.1. The molecule has 0 aromatic rings. The Kier molecular flexibility index (Phi) is 3.91. The lowest BCUT2D eigenvalue weighted by Gasteiger charge is -2.35. The molecule has 1 saturated heterocycles. The molecule has 0 atom stereocenters. The maximum atomic E-state index is 3.58. The third-order valence-electron chi connectivity index (χ3n) is 4.74. The van der Waals surface area contributed by atoms with E-state index in [1.54, 1.807) is 0 Å². The Morgan fingerprint density at radius 1 is 1.25 bits per heavy atom. The molecular formula is C14H28N2. The minimum absolute atomic E-state index is 0.699. The Bertz CT molecular complexity index is 213. The molecule has 2 aliphatic rings. The summed E-state index contributed by atoms with van der Waals surface area (Å²) in [5.41, 5.74) is 0.699. The van der Waals surface area contributed by atoms with Crippen LogP contribution in [0.4, 0.5) is 0 Å². The van der Waals surface area contributed by atoms with Crippen LogP contribution in [0.1, 0.15) is 46.5 Å². The van der Waals surface area contributed by atoms with E-state index in [1.165, 1.54) is 45.3 Å². The molecule has 0 amide bonds. The zero-order valence-corrected chi connectivity index (χ0v) is 11.3. The fraction of sp³-hybridized carbons (Fsp3) is 1.00. The van der Waals surface area contributed by atoms with Gasteiger partial charge in [0.1, 0.15) is 0 Å². The standard InChI is InChI=1S/C14H28N2/c1-4-15-13-5-9-16(10-6-13)11-14(7-8-14)12(2)3/h12-13,15H,4-11H2,1-3H3. The topological polar surface area (TPSA) is 15.3 Å². The van der Waals surface area contributed by atoms with Gasteiger partial charge in [-0.3, -0.25) is 0 Å². The second kappa shape index (κ2) is 5.05. The largest absolute Gasteiger partial charge is 0.314 e. The lowest BCUT2D eigenvalue weighted by molar-refractivity contribution is 0.145. The van der Waals surface area contributed by atoms with Crippen molar-refractivity contribution in [1.29, 1.82) is 0 Å². The molecule has 1 heterocycles. The number of hydrogen-bond donors (Lipinski definition) is 1. The van der Waals surface area contributed by atoms with Crippen molar-refractivity contribution in [3.05, 3.63) is 0 Å². The van der Waals surface area contributed by atoms with Crippen molar-refractivity contribution in [3.63, 3.8) is 0 Å². The van der Waals surface area contributed by atoms with Gasteiger partial charge in [-0.25, -0.2) is 0 Å². The first kappa shape index (κ1) is 12.4. The Balaban J connectivity index is 1.73. The smallest absolute Gasteiger partial charge is 0.00912 e. The summed E-state index contributed by atoms with van der Waals surface area (Å²) >= 11 is 0. The van der Waals surface area contributed by atoms with Crippen molar-refractivity contribution in [3.8, 4) is 0 Å². The monoisotopic (exact) mass is 224 g/mol. The SMILES string of the molecule is CCNC1CCN(CC2(C(C)C)CC2)CC1. The quantitative estimate of drug-likeness (QED) is 0.772. The van der Waals surface area contributed by atoms with E-state index in [0.29, 0.717) is 5.41 Å². The van der Waals surface area contributed by atoms with Crippen LogP contribution >= 0.6 is 0 Å². The van der Waals surface area contributed by atoms with Gasteiger partial charge in [-0.1, -0.05) is 20.8 Å². The minimum atomic E-state index is 0.699. The Labute approximate surface area is 101 Å². The first-order chi connectivity index (χ1) is 7.66. The molecule has 0 aromatic heterocycles. The predicted molar refractivity (Wildman–Crippen MR) is 69.6 cm³/mol. The van der Waals surface area contributed by atoms with Crippen LogP contribution in [-0.4, -0.2) is 37.1 Å². The van der Waals surface area contributed by atoms with Crippen molar-refractivity contribution in [2.24, 2.45) is 11.3 Å². The molecule has 1 N–H and O–H groups in total. The number of nitrogens with zero attached hydrogens (tertiary/aromatic N) is 1. The van der Waals surface area contributed by atoms with Crippen LogP contribution in [0.15, 0.2) is 0 Å². The lowest BCUT2D eigenvalue weighted by atomic mass is 9.91. The highest BCUT2D eigenvalue weighted by atomic mass is 15.2. The molecule has 0 spiro atoms. The Morgan fingerprint density at radius 3 is 2.31 bits per heavy atom. The van der Waals surface area contributed by atoms with E-state index in [1.807, 2.05) is 0 Å². The second-order valence-electron chi connectivity index (χ2n) is 6.13. The van der Waals surface area contributed by atoms with E-state index < -0.39 is 0 Å². The van der Waals surface area contributed by atoms with Crippen LogP contribution in [0, 0.1) is 11.3 Å². The number of likely N-dealkylation sites (tertiary alicyclic amines) is 1. The maximum Gasteiger partial charge on any atom is 0.00912 e. The van der Waals surface area contributed by atoms with Crippen molar-refractivity contribution < 1.29 is 0 Å². The second-order valence-corrected chi connectivity index (χ2v) is 6.13. The molecule has 1 aliphatic heterocycles. The molecule has 2 heteroatoms. The first-order valence-electron chi connectivity index (χ1n) is 7.12. The van der Waals surface area contributed by atoms with E-state index in [2.05, 4.69) is 31.0 Å². The predicted octanol–water partition coefficient (Wildman–Crippen LogP) is 2.50. The zero-order valence-electron chi connectivity index (χ0n) is 11.3. The van der Waals surface area contributed by atoms with E-state index in [4.69, 9.17) is 0 Å². The molecule has 0 radical (unpaired) electrons. The fourth-order valence-electron chi connectivity index (χ4n) is 3.11. The van der Waals surface area contributed by atoms with Crippen LogP contribution in [0.25, 0.3) is 0 Å². The maximum absolute atomic E-state index is 3.58. The van der Waals surface area contributed by atoms with Gasteiger partial charge in [0.25, 0.3) is 0 Å². The van der Waals surface area contributed by atoms with Gasteiger partial charge in [0.05, 0.1) is 0 Å². The van der Waals surface area contributed by atoms with Crippen LogP contribution in [-0.2, 0) is 0 Å². The highest BCUT2D eigenvalue weighted by Gasteiger charge is 2.46. The van der Waals surface area contributed by atoms with Crippen LogP contribution in [0.2, 0.25) is 0 Å². The highest BCUT2D eigenvalue weighted by Crippen LogP contribution is 2.52. The summed E-state index contributed by atoms with van der Waals surface area (Å²) < 4.78 is 0. The van der Waals surface area contributed by atoms with Gasteiger partial charge < -0.3 is 10.2 Å². The molecule has 2 fully saturated rings. The summed E-state index contributed by atoms with van der Waals surface area (Å²) in [6, 6.07) is 0.787. The summed E-state index contributed by atoms with van der Waals surface area (Å²) in [4.78, 5) is 2.71. The summed E-state index contributed by atoms with van der Waals surface area (Å²) in [5, 5.41) is 3.58. The molecule has 16 heavy (non-hydrogen) atoms. The van der Waals surface area contributed by atoms with Gasteiger partial charge in [0, 0.05) is 12.6 Å². The molecule has 1 aliphatic carbocycles. The summed E-state index contributed by atoms with van der Waals surface area (Å²) in [6.07, 6.45) is 5.64. The molecule has 2 rings (SSSR count). The average molecular weight is 224 g/mol. The van der Waals surface area contributed by atoms with Crippen molar-refractivity contribution in [1.82, 2.24) is 10.2 Å². The number of rotatable bonds is 5. The summed E-state index contributed by atoms with van der Waals surface area (Å²) in [5.74, 6) is 0.874. The van der Waals surface area contributed by atoms with Gasteiger partial charge in [-0.15, -0.1) is 0 Å². The molecule has 1 saturated carbocycles. The number of nitrogens with one attached hydrogen (secondary N) is 1. The molecule has 0 aromatic carbocycles. The minimum Gasteiger partial charge on any atom is -0.314 e. The van der Waals surface area contributed by atoms with Crippen LogP contribution in [0.5, 0.6) is 0 Å². The van der Waals surface area contributed by atoms with Gasteiger partial charge >= 0.3 is 0 Å². The normalized spacial score (nSPS) is 26.2. The Hall–Kier alpha value is -0.0800. The van der Waals surface area contributed by atoms with Gasteiger partial charge in [0.15, 0.2) is 0 Å². The van der Waals surface area contributed by atoms with Crippen molar-refractivity contribution in [2.45, 2.75) is 52.5 Å². The third-order valence-corrected chi connectivity index (χ3v) is 4.74. The van der Waals surface area contributed by atoms with E-state index in [-0.39, 0.29) is 0 Å². The zero-order chi connectivity index (χ0) is 11.6. The molecule has 0 unspecified atom stereocenters. The molecular weight excluding hydrogens is 196 g/mol. The lowest BCUT2D eigenvalue weighted by Crippen LogP contribution is -2.44. The van der Waals surface area contributed by atoms with Crippen LogP contribution < -0.4 is 5.32 Å².